The smallest absolute Gasteiger partial charge is 0.263 e. The Labute approximate surface area is 144 Å². The van der Waals surface area contributed by atoms with Crippen molar-refractivity contribution in [2.24, 2.45) is 0 Å². The molecular weight excluding hydrogens is 333 g/mol. The van der Waals surface area contributed by atoms with Gasteiger partial charge in [-0.15, -0.1) is 0 Å². The number of halogens is 2. The number of nitrogens with zero attached hydrogens (tertiary/aromatic N) is 1. The van der Waals surface area contributed by atoms with Gasteiger partial charge in [0.1, 0.15) is 11.6 Å². The van der Waals surface area contributed by atoms with Gasteiger partial charge < -0.3 is 10.6 Å². The number of nitrogens with one attached hydrogen (secondary N) is 2. The number of carbonyl (C=O) groups is 1. The summed E-state index contributed by atoms with van der Waals surface area (Å²) in [6.07, 6.45) is 1.33. The molecule has 0 fully saturated rings. The summed E-state index contributed by atoms with van der Waals surface area (Å²) >= 11 is 11.7. The van der Waals surface area contributed by atoms with E-state index in [4.69, 9.17) is 28.5 Å². The van der Waals surface area contributed by atoms with E-state index in [9.17, 15) is 4.79 Å². The zero-order valence-electron chi connectivity index (χ0n) is 12.0. The van der Waals surface area contributed by atoms with Gasteiger partial charge in [-0.3, -0.25) is 4.79 Å². The molecule has 0 aromatic heterocycles. The van der Waals surface area contributed by atoms with E-state index in [1.165, 1.54) is 6.20 Å². The van der Waals surface area contributed by atoms with Crippen LogP contribution in [0.15, 0.2) is 60.3 Å². The van der Waals surface area contributed by atoms with Crippen LogP contribution in [0, 0.1) is 11.3 Å². The molecule has 0 bridgehead atoms. The fourth-order valence-electron chi connectivity index (χ4n) is 1.76. The van der Waals surface area contributed by atoms with Crippen LogP contribution in [0.2, 0.25) is 10.0 Å². The van der Waals surface area contributed by atoms with Crippen molar-refractivity contribution in [2.45, 2.75) is 6.54 Å². The third-order valence-corrected chi connectivity index (χ3v) is 3.70. The third-order valence-electron chi connectivity index (χ3n) is 2.96. The van der Waals surface area contributed by atoms with Crippen LogP contribution in [-0.2, 0) is 11.3 Å². The Hall–Kier alpha value is -2.48. The Morgan fingerprint density at radius 1 is 1.13 bits per heavy atom. The molecular formula is C17H13Cl2N3O. The van der Waals surface area contributed by atoms with Crippen molar-refractivity contribution in [1.29, 1.82) is 5.26 Å². The number of hydrogen-bond donors (Lipinski definition) is 2. The zero-order valence-corrected chi connectivity index (χ0v) is 13.5. The molecule has 2 aromatic rings. The topological polar surface area (TPSA) is 64.9 Å². The number of hydrogen-bond acceptors (Lipinski definition) is 3. The summed E-state index contributed by atoms with van der Waals surface area (Å²) in [4.78, 5) is 12.0. The van der Waals surface area contributed by atoms with Crippen molar-refractivity contribution >= 4 is 34.8 Å². The monoisotopic (exact) mass is 345 g/mol. The van der Waals surface area contributed by atoms with Crippen molar-refractivity contribution in [2.75, 3.05) is 5.32 Å². The molecule has 2 N–H and O–H groups in total. The first-order chi connectivity index (χ1) is 11.1. The first-order valence-corrected chi connectivity index (χ1v) is 7.49. The predicted octanol–water partition coefficient (Wildman–Crippen LogP) is 4.13. The van der Waals surface area contributed by atoms with Gasteiger partial charge >= 0.3 is 0 Å². The van der Waals surface area contributed by atoms with Crippen molar-refractivity contribution < 1.29 is 4.79 Å². The molecule has 0 heterocycles. The lowest BCUT2D eigenvalue weighted by atomic mass is 10.2. The molecule has 0 aliphatic carbocycles. The number of anilines is 1. The van der Waals surface area contributed by atoms with Crippen molar-refractivity contribution in [1.82, 2.24) is 5.32 Å². The number of benzene rings is 2. The lowest BCUT2D eigenvalue weighted by Crippen LogP contribution is -2.24. The normalized spacial score (nSPS) is 10.7. The minimum Gasteiger partial charge on any atom is -0.360 e. The van der Waals surface area contributed by atoms with Crippen molar-refractivity contribution in [3.05, 3.63) is 75.9 Å². The van der Waals surface area contributed by atoms with Crippen LogP contribution in [0.5, 0.6) is 0 Å². The standard InChI is InChI=1S/C17H13Cl2N3O/c18-15-7-6-14(8-16(15)19)21-11-13(9-20)17(23)22-10-12-4-2-1-3-5-12/h1-8,11,21H,10H2,(H,22,23)/b13-11-. The second-order valence-electron chi connectivity index (χ2n) is 4.61. The Kier molecular flexibility index (Phi) is 6.04. The summed E-state index contributed by atoms with van der Waals surface area (Å²) < 4.78 is 0. The van der Waals surface area contributed by atoms with Gasteiger partial charge in [0.15, 0.2) is 0 Å². The Morgan fingerprint density at radius 3 is 2.52 bits per heavy atom. The number of rotatable bonds is 5. The maximum atomic E-state index is 12.0. The highest BCUT2D eigenvalue weighted by Gasteiger charge is 2.08. The highest BCUT2D eigenvalue weighted by molar-refractivity contribution is 6.42. The van der Waals surface area contributed by atoms with Crippen molar-refractivity contribution in [3.8, 4) is 6.07 Å². The molecule has 23 heavy (non-hydrogen) atoms. The van der Waals surface area contributed by atoms with Gasteiger partial charge in [0.05, 0.1) is 10.0 Å². The van der Waals surface area contributed by atoms with E-state index in [-0.39, 0.29) is 5.57 Å². The molecule has 116 valence electrons. The second kappa shape index (κ2) is 8.23. The zero-order chi connectivity index (χ0) is 16.7. The van der Waals surface area contributed by atoms with Crippen LogP contribution in [0.4, 0.5) is 5.69 Å². The molecule has 0 unspecified atom stereocenters. The van der Waals surface area contributed by atoms with E-state index >= 15 is 0 Å². The molecule has 0 saturated carbocycles. The number of nitriles is 1. The summed E-state index contributed by atoms with van der Waals surface area (Å²) in [5.41, 5.74) is 1.55. The lowest BCUT2D eigenvalue weighted by Gasteiger charge is -2.06. The molecule has 4 nitrogen and oxygen atoms in total. The van der Waals surface area contributed by atoms with Crippen molar-refractivity contribution in [3.63, 3.8) is 0 Å². The van der Waals surface area contributed by atoms with Gasteiger partial charge in [0.2, 0.25) is 0 Å². The van der Waals surface area contributed by atoms with Gasteiger partial charge in [-0.1, -0.05) is 53.5 Å². The van der Waals surface area contributed by atoms with E-state index in [0.717, 1.165) is 5.56 Å². The molecule has 0 aliphatic rings. The Balaban J connectivity index is 1.99. The van der Waals surface area contributed by atoms with Crippen LogP contribution >= 0.6 is 23.2 Å². The molecule has 0 atom stereocenters. The molecule has 2 aromatic carbocycles. The quantitative estimate of drug-likeness (QED) is 0.632. The average molecular weight is 346 g/mol. The predicted molar refractivity (Wildman–Crippen MR) is 92.1 cm³/mol. The molecule has 6 heteroatoms. The summed E-state index contributed by atoms with van der Waals surface area (Å²) in [6, 6.07) is 16.2. The van der Waals surface area contributed by atoms with E-state index in [2.05, 4.69) is 10.6 Å². The average Bonchev–Trinajstić information content (AvgIpc) is 2.57. The highest BCUT2D eigenvalue weighted by Crippen LogP contribution is 2.25. The number of amides is 1. The molecule has 0 aliphatic heterocycles. The van der Waals surface area contributed by atoms with Crippen LogP contribution in [0.3, 0.4) is 0 Å². The van der Waals surface area contributed by atoms with Crippen LogP contribution in [0.25, 0.3) is 0 Å². The van der Waals surface area contributed by atoms with Crippen LogP contribution in [0.1, 0.15) is 5.56 Å². The molecule has 2 rings (SSSR count). The summed E-state index contributed by atoms with van der Waals surface area (Å²) in [5, 5.41) is 15.5. The molecule has 0 radical (unpaired) electrons. The van der Waals surface area contributed by atoms with Crippen LogP contribution < -0.4 is 10.6 Å². The third kappa shape index (κ3) is 5.03. The van der Waals surface area contributed by atoms with Gasteiger partial charge in [0, 0.05) is 18.4 Å². The molecule has 0 saturated heterocycles. The second-order valence-corrected chi connectivity index (χ2v) is 5.43. The Bertz CT molecular complexity index is 767. The van der Waals surface area contributed by atoms with E-state index in [0.29, 0.717) is 22.3 Å². The summed E-state index contributed by atoms with van der Waals surface area (Å²) in [6.45, 7) is 0.353. The maximum Gasteiger partial charge on any atom is 0.263 e. The minimum absolute atomic E-state index is 0.0352. The maximum absolute atomic E-state index is 12.0. The largest absolute Gasteiger partial charge is 0.360 e. The van der Waals surface area contributed by atoms with Gasteiger partial charge in [-0.05, 0) is 23.8 Å². The first kappa shape index (κ1) is 16.9. The summed E-state index contributed by atoms with van der Waals surface area (Å²) in [7, 11) is 0. The van der Waals surface area contributed by atoms with E-state index in [1.807, 2.05) is 36.4 Å². The molecule has 1 amide bonds. The fourth-order valence-corrected chi connectivity index (χ4v) is 2.06. The van der Waals surface area contributed by atoms with Gasteiger partial charge in [-0.25, -0.2) is 0 Å². The van der Waals surface area contributed by atoms with Gasteiger partial charge in [0.25, 0.3) is 5.91 Å². The first-order valence-electron chi connectivity index (χ1n) is 6.74. The Morgan fingerprint density at radius 2 is 1.87 bits per heavy atom. The number of carbonyl (C=O) groups excluding carboxylic acids is 1. The fraction of sp³-hybridized carbons (Fsp3) is 0.0588. The van der Waals surface area contributed by atoms with E-state index in [1.54, 1.807) is 18.2 Å². The lowest BCUT2D eigenvalue weighted by molar-refractivity contribution is -0.117. The minimum atomic E-state index is -0.455. The van der Waals surface area contributed by atoms with Gasteiger partial charge in [-0.2, -0.15) is 5.26 Å². The summed E-state index contributed by atoms with van der Waals surface area (Å²) in [5.74, 6) is -0.455. The molecule has 0 spiro atoms. The van der Waals surface area contributed by atoms with Crippen LogP contribution in [-0.4, -0.2) is 5.91 Å². The highest BCUT2D eigenvalue weighted by atomic mass is 35.5. The van der Waals surface area contributed by atoms with E-state index < -0.39 is 5.91 Å². The SMILES string of the molecule is N#C/C(=C/Nc1ccc(Cl)c(Cl)c1)C(=O)NCc1ccccc1.